The molecule has 0 aliphatic carbocycles. The minimum Gasteiger partial charge on any atom is -0.315 e. The zero-order valence-electron chi connectivity index (χ0n) is 14.1. The standard InChI is InChI=1S/C20H18ClN3OS/c21-15-8-10-16(11-9-15)23-20(25)24-12-4-7-17(24)19-22-13-18(26-19)14-5-2-1-3-6-14/h1-3,5-6,8-11,13,17H,4,7,12H2,(H,23,25)/t17-/m0/s1. The van der Waals surface area contributed by atoms with Crippen LogP contribution >= 0.6 is 22.9 Å². The Kier molecular flexibility index (Phi) is 4.91. The average molecular weight is 384 g/mol. The molecule has 0 spiro atoms. The van der Waals surface area contributed by atoms with E-state index in [2.05, 4.69) is 22.4 Å². The van der Waals surface area contributed by atoms with E-state index in [1.165, 1.54) is 0 Å². The SMILES string of the molecule is O=C(Nc1ccc(Cl)cc1)N1CCC[C@H]1c1ncc(-c2ccccc2)s1. The topological polar surface area (TPSA) is 45.2 Å². The second-order valence-corrected chi connectivity index (χ2v) is 7.72. The molecule has 26 heavy (non-hydrogen) atoms. The zero-order valence-corrected chi connectivity index (χ0v) is 15.6. The number of nitrogens with one attached hydrogen (secondary N) is 1. The van der Waals surface area contributed by atoms with Gasteiger partial charge in [0.1, 0.15) is 5.01 Å². The maximum atomic E-state index is 12.7. The van der Waals surface area contributed by atoms with Crippen LogP contribution in [0.1, 0.15) is 23.9 Å². The highest BCUT2D eigenvalue weighted by atomic mass is 35.5. The quantitative estimate of drug-likeness (QED) is 0.618. The van der Waals surface area contributed by atoms with Gasteiger partial charge in [0.05, 0.1) is 10.9 Å². The maximum absolute atomic E-state index is 12.7. The number of benzene rings is 2. The molecule has 1 aromatic heterocycles. The van der Waals surface area contributed by atoms with Crippen molar-refractivity contribution in [2.45, 2.75) is 18.9 Å². The highest BCUT2D eigenvalue weighted by Gasteiger charge is 2.32. The van der Waals surface area contributed by atoms with E-state index in [1.54, 1.807) is 23.5 Å². The van der Waals surface area contributed by atoms with Crippen molar-refractivity contribution in [2.75, 3.05) is 11.9 Å². The van der Waals surface area contributed by atoms with Gasteiger partial charge in [-0.25, -0.2) is 9.78 Å². The lowest BCUT2D eigenvalue weighted by Gasteiger charge is -2.23. The summed E-state index contributed by atoms with van der Waals surface area (Å²) in [7, 11) is 0. The second-order valence-electron chi connectivity index (χ2n) is 6.22. The Morgan fingerprint density at radius 3 is 2.69 bits per heavy atom. The first-order chi connectivity index (χ1) is 12.7. The first-order valence-electron chi connectivity index (χ1n) is 8.55. The Bertz CT molecular complexity index is 895. The molecule has 132 valence electrons. The van der Waals surface area contributed by atoms with Crippen LogP contribution in [-0.2, 0) is 0 Å². The number of amides is 2. The number of aromatic nitrogens is 1. The molecule has 0 bridgehead atoms. The fraction of sp³-hybridized carbons (Fsp3) is 0.200. The van der Waals surface area contributed by atoms with E-state index in [9.17, 15) is 4.79 Å². The van der Waals surface area contributed by atoms with Gasteiger partial charge in [0.15, 0.2) is 0 Å². The van der Waals surface area contributed by atoms with Crippen molar-refractivity contribution in [3.63, 3.8) is 0 Å². The lowest BCUT2D eigenvalue weighted by molar-refractivity contribution is 0.207. The van der Waals surface area contributed by atoms with Crippen LogP contribution in [0.4, 0.5) is 10.5 Å². The Morgan fingerprint density at radius 1 is 1.15 bits per heavy atom. The molecule has 0 radical (unpaired) electrons. The highest BCUT2D eigenvalue weighted by Crippen LogP contribution is 2.37. The summed E-state index contributed by atoms with van der Waals surface area (Å²) < 4.78 is 0. The normalized spacial score (nSPS) is 16.7. The van der Waals surface area contributed by atoms with E-state index in [0.717, 1.165) is 40.5 Å². The van der Waals surface area contributed by atoms with Gasteiger partial charge in [-0.3, -0.25) is 0 Å². The van der Waals surface area contributed by atoms with Crippen LogP contribution in [0.5, 0.6) is 0 Å². The van der Waals surface area contributed by atoms with Gasteiger partial charge in [0.2, 0.25) is 0 Å². The number of thiazole rings is 1. The molecule has 2 heterocycles. The van der Waals surface area contributed by atoms with E-state index in [0.29, 0.717) is 5.02 Å². The van der Waals surface area contributed by atoms with Crippen LogP contribution in [0.15, 0.2) is 60.8 Å². The third-order valence-corrected chi connectivity index (χ3v) is 5.88. The van der Waals surface area contributed by atoms with E-state index in [-0.39, 0.29) is 12.1 Å². The molecule has 4 rings (SSSR count). The van der Waals surface area contributed by atoms with E-state index in [1.807, 2.05) is 41.4 Å². The molecule has 1 aliphatic heterocycles. The van der Waals surface area contributed by atoms with Crippen LogP contribution in [0.2, 0.25) is 5.02 Å². The van der Waals surface area contributed by atoms with Crippen molar-refractivity contribution in [3.05, 3.63) is 70.8 Å². The minimum absolute atomic E-state index is 0.0322. The molecular formula is C20H18ClN3OS. The summed E-state index contributed by atoms with van der Waals surface area (Å²) >= 11 is 7.56. The summed E-state index contributed by atoms with van der Waals surface area (Å²) in [5.74, 6) is 0. The predicted molar refractivity (Wildman–Crippen MR) is 107 cm³/mol. The number of anilines is 1. The lowest BCUT2D eigenvalue weighted by Crippen LogP contribution is -2.34. The molecule has 6 heteroatoms. The number of rotatable bonds is 3. The van der Waals surface area contributed by atoms with Gasteiger partial charge in [-0.15, -0.1) is 11.3 Å². The third kappa shape index (κ3) is 3.59. The fourth-order valence-electron chi connectivity index (χ4n) is 3.17. The third-order valence-electron chi connectivity index (χ3n) is 4.48. The summed E-state index contributed by atoms with van der Waals surface area (Å²) in [6.45, 7) is 0.740. The Hall–Kier alpha value is -2.37. The largest absolute Gasteiger partial charge is 0.322 e. The van der Waals surface area contributed by atoms with E-state index < -0.39 is 0 Å². The van der Waals surface area contributed by atoms with E-state index >= 15 is 0 Å². The molecule has 0 unspecified atom stereocenters. The molecule has 4 nitrogen and oxygen atoms in total. The summed E-state index contributed by atoms with van der Waals surface area (Å²) in [5, 5.41) is 4.60. The van der Waals surface area contributed by atoms with Crippen LogP contribution in [0.25, 0.3) is 10.4 Å². The summed E-state index contributed by atoms with van der Waals surface area (Å²) in [4.78, 5) is 20.3. The molecule has 2 aromatic carbocycles. The number of carbonyl (C=O) groups is 1. The molecule has 2 amide bonds. The van der Waals surface area contributed by atoms with Gasteiger partial charge in [0.25, 0.3) is 0 Å². The lowest BCUT2D eigenvalue weighted by atomic mass is 10.2. The molecule has 1 aliphatic rings. The minimum atomic E-state index is -0.0914. The summed E-state index contributed by atoms with van der Waals surface area (Å²) in [6.07, 6.45) is 3.83. The van der Waals surface area contributed by atoms with Crippen LogP contribution in [-0.4, -0.2) is 22.5 Å². The zero-order chi connectivity index (χ0) is 17.9. The predicted octanol–water partition coefficient (Wildman–Crippen LogP) is 5.83. The molecule has 1 atom stereocenters. The van der Waals surface area contributed by atoms with Gasteiger partial charge >= 0.3 is 6.03 Å². The monoisotopic (exact) mass is 383 g/mol. The van der Waals surface area contributed by atoms with Gasteiger partial charge in [0, 0.05) is 23.5 Å². The molecular weight excluding hydrogens is 366 g/mol. The Balaban J connectivity index is 1.50. The smallest absolute Gasteiger partial charge is 0.315 e. The number of halogens is 1. The summed E-state index contributed by atoms with van der Waals surface area (Å²) in [5.41, 5.74) is 1.90. The van der Waals surface area contributed by atoms with Crippen LogP contribution in [0.3, 0.4) is 0 Å². The van der Waals surface area contributed by atoms with Gasteiger partial charge in [-0.2, -0.15) is 0 Å². The fourth-order valence-corrected chi connectivity index (χ4v) is 4.37. The van der Waals surface area contributed by atoms with Gasteiger partial charge in [-0.1, -0.05) is 41.9 Å². The number of hydrogen-bond acceptors (Lipinski definition) is 3. The van der Waals surface area contributed by atoms with Crippen LogP contribution in [0, 0.1) is 0 Å². The molecule has 3 aromatic rings. The number of urea groups is 1. The highest BCUT2D eigenvalue weighted by molar-refractivity contribution is 7.15. The van der Waals surface area contributed by atoms with E-state index in [4.69, 9.17) is 11.6 Å². The van der Waals surface area contributed by atoms with Gasteiger partial charge < -0.3 is 10.2 Å². The number of hydrogen-bond donors (Lipinski definition) is 1. The number of nitrogens with zero attached hydrogens (tertiary/aromatic N) is 2. The average Bonchev–Trinajstić information content (AvgIpc) is 3.33. The molecule has 1 N–H and O–H groups in total. The number of carbonyl (C=O) groups excluding carboxylic acids is 1. The van der Waals surface area contributed by atoms with Crippen molar-refractivity contribution in [1.82, 2.24) is 9.88 Å². The Morgan fingerprint density at radius 2 is 1.92 bits per heavy atom. The van der Waals surface area contributed by atoms with Crippen molar-refractivity contribution in [2.24, 2.45) is 0 Å². The maximum Gasteiger partial charge on any atom is 0.322 e. The Labute approximate surface area is 161 Å². The first kappa shape index (κ1) is 17.1. The van der Waals surface area contributed by atoms with Crippen LogP contribution < -0.4 is 5.32 Å². The molecule has 1 fully saturated rings. The van der Waals surface area contributed by atoms with Crippen molar-refractivity contribution in [3.8, 4) is 10.4 Å². The second kappa shape index (κ2) is 7.48. The molecule has 0 saturated carbocycles. The van der Waals surface area contributed by atoms with Gasteiger partial charge in [-0.05, 0) is 42.7 Å². The van der Waals surface area contributed by atoms with Crippen molar-refractivity contribution < 1.29 is 4.79 Å². The van der Waals surface area contributed by atoms with Crippen molar-refractivity contribution >= 4 is 34.7 Å². The number of likely N-dealkylation sites (tertiary alicyclic amines) is 1. The first-order valence-corrected chi connectivity index (χ1v) is 9.74. The summed E-state index contributed by atoms with van der Waals surface area (Å²) in [6, 6.07) is 17.3. The van der Waals surface area contributed by atoms with Crippen molar-refractivity contribution in [1.29, 1.82) is 0 Å². The molecule has 1 saturated heterocycles.